The molecule has 0 aliphatic rings. The number of nitrogens with zero attached hydrogens (tertiary/aromatic N) is 2. The highest BCUT2D eigenvalue weighted by atomic mass is 32.1. The minimum atomic E-state index is 0.0145. The van der Waals surface area contributed by atoms with Gasteiger partial charge < -0.3 is 19.7 Å². The lowest BCUT2D eigenvalue weighted by Crippen LogP contribution is -2.10. The Kier molecular flexibility index (Phi) is 11.0. The number of fused-ring (bicyclic) bond motifs is 6. The molecule has 4 aromatic heterocycles. The van der Waals surface area contributed by atoms with E-state index in [0.29, 0.717) is 13.2 Å². The van der Waals surface area contributed by atoms with Crippen molar-refractivity contribution in [1.29, 1.82) is 0 Å². The maximum absolute atomic E-state index is 12.0. The molecular formula is C58H56N2O4S2. The standard InChI is InChI=1S/C58H56N2O4S2/c1-35-19-23-47-41(29-35)43-31-37(57(3,4)5)21-25-49(43)59(47)55-53(61)45(33-65-55)39-15-9-11-17-51(39)63-27-13-14-28-64-52-18-12-10-16-40(52)46-34-66-56(54(46)62)60-48-24-20-36(2)30-42(48)44-32-38(58(6,7)8)22-26-50(44)60/h9-12,15-26,29-34,61-62H,13-14,27-28H2,1-8H3. The van der Waals surface area contributed by atoms with E-state index in [9.17, 15) is 10.2 Å². The number of hydrogen-bond acceptors (Lipinski definition) is 6. The van der Waals surface area contributed by atoms with Gasteiger partial charge in [-0.15, -0.1) is 22.7 Å². The maximum atomic E-state index is 12.0. The molecule has 2 N–H and O–H groups in total. The van der Waals surface area contributed by atoms with Gasteiger partial charge in [0.05, 0.1) is 35.3 Å². The summed E-state index contributed by atoms with van der Waals surface area (Å²) in [6.45, 7) is 18.7. The second-order valence-corrected chi connectivity index (χ2v) is 21.4. The van der Waals surface area contributed by atoms with Crippen LogP contribution in [0.5, 0.6) is 23.0 Å². The summed E-state index contributed by atoms with van der Waals surface area (Å²) < 4.78 is 17.3. The molecule has 0 aliphatic heterocycles. The molecule has 6 aromatic carbocycles. The van der Waals surface area contributed by atoms with Crippen LogP contribution in [0.1, 0.15) is 76.6 Å². The Hall–Kier alpha value is -6.48. The topological polar surface area (TPSA) is 68.8 Å². The molecule has 0 spiro atoms. The third kappa shape index (κ3) is 7.70. The lowest BCUT2D eigenvalue weighted by Gasteiger charge is -2.19. The van der Waals surface area contributed by atoms with Crippen LogP contribution in [0.2, 0.25) is 0 Å². The van der Waals surface area contributed by atoms with Crippen molar-refractivity contribution < 1.29 is 19.7 Å². The van der Waals surface area contributed by atoms with E-state index in [0.717, 1.165) is 78.7 Å². The molecule has 10 aromatic rings. The van der Waals surface area contributed by atoms with Crippen molar-refractivity contribution in [3.63, 3.8) is 0 Å². The number of aryl methyl sites for hydroxylation is 2. The van der Waals surface area contributed by atoms with E-state index < -0.39 is 0 Å². The molecule has 8 heteroatoms. The summed E-state index contributed by atoms with van der Waals surface area (Å²) in [6, 6.07) is 42.4. The zero-order valence-electron chi connectivity index (χ0n) is 39.0. The number of thiophene rings is 2. The van der Waals surface area contributed by atoms with Crippen molar-refractivity contribution in [1.82, 2.24) is 9.13 Å². The Morgan fingerprint density at radius 3 is 1.21 bits per heavy atom. The first-order valence-electron chi connectivity index (χ1n) is 22.8. The summed E-state index contributed by atoms with van der Waals surface area (Å²) in [5, 5.41) is 34.3. The average molecular weight is 909 g/mol. The van der Waals surface area contributed by atoms with E-state index in [2.05, 4.69) is 137 Å². The minimum absolute atomic E-state index is 0.0145. The van der Waals surface area contributed by atoms with E-state index in [-0.39, 0.29) is 22.3 Å². The zero-order chi connectivity index (χ0) is 46.1. The molecule has 66 heavy (non-hydrogen) atoms. The molecule has 334 valence electrons. The van der Waals surface area contributed by atoms with Crippen LogP contribution in [-0.4, -0.2) is 32.6 Å². The van der Waals surface area contributed by atoms with Crippen molar-refractivity contribution >= 4 is 66.3 Å². The molecule has 0 bridgehead atoms. The second-order valence-electron chi connectivity index (χ2n) is 19.7. The minimum Gasteiger partial charge on any atom is -0.504 e. The highest BCUT2D eigenvalue weighted by Crippen LogP contribution is 2.48. The second kappa shape index (κ2) is 16.7. The average Bonchev–Trinajstić information content (AvgIpc) is 4.03. The van der Waals surface area contributed by atoms with Crippen LogP contribution < -0.4 is 9.47 Å². The monoisotopic (exact) mass is 908 g/mol. The van der Waals surface area contributed by atoms with Crippen molar-refractivity contribution in [2.45, 2.75) is 79.1 Å². The molecule has 0 fully saturated rings. The third-order valence-electron chi connectivity index (χ3n) is 12.9. The van der Waals surface area contributed by atoms with Crippen molar-refractivity contribution in [2.75, 3.05) is 13.2 Å². The van der Waals surface area contributed by atoms with Gasteiger partial charge in [0.1, 0.15) is 21.5 Å². The summed E-state index contributed by atoms with van der Waals surface area (Å²) in [6.07, 6.45) is 1.54. The first kappa shape index (κ1) is 43.4. The lowest BCUT2D eigenvalue weighted by atomic mass is 9.86. The molecule has 0 saturated carbocycles. The molecule has 0 aliphatic carbocycles. The van der Waals surface area contributed by atoms with E-state index >= 15 is 0 Å². The predicted molar refractivity (Wildman–Crippen MR) is 279 cm³/mol. The number of unbranched alkanes of at least 4 members (excludes halogenated alkanes) is 1. The Morgan fingerprint density at radius 2 is 0.818 bits per heavy atom. The summed E-state index contributed by atoms with van der Waals surface area (Å²) in [7, 11) is 0. The Morgan fingerprint density at radius 1 is 0.455 bits per heavy atom. The number of ether oxygens (including phenoxy) is 2. The van der Waals surface area contributed by atoms with Gasteiger partial charge in [-0.2, -0.15) is 0 Å². The number of benzene rings is 6. The SMILES string of the molecule is Cc1ccc2c(c1)c1cc(C(C)(C)C)ccc1n2-c1scc(-c2ccccc2OCCCCOc2ccccc2-c2csc(-n3c4ccc(C)cc4c4cc(C(C)(C)C)ccc43)c2O)c1O. The van der Waals surface area contributed by atoms with Crippen molar-refractivity contribution in [2.24, 2.45) is 0 Å². The van der Waals surface area contributed by atoms with E-state index in [4.69, 9.17) is 9.47 Å². The lowest BCUT2D eigenvalue weighted by molar-refractivity contribution is 0.267. The fourth-order valence-corrected chi connectivity index (χ4v) is 11.2. The number of rotatable bonds is 11. The van der Waals surface area contributed by atoms with Crippen LogP contribution in [0, 0.1) is 13.8 Å². The Labute approximate surface area is 394 Å². The summed E-state index contributed by atoms with van der Waals surface area (Å²) in [4.78, 5) is 0. The first-order chi connectivity index (χ1) is 31.7. The summed E-state index contributed by atoms with van der Waals surface area (Å²) in [5.41, 5.74) is 12.5. The van der Waals surface area contributed by atoms with Crippen LogP contribution >= 0.6 is 22.7 Å². The summed E-state index contributed by atoms with van der Waals surface area (Å²) in [5.74, 6) is 1.94. The van der Waals surface area contributed by atoms with Gasteiger partial charge in [-0.25, -0.2) is 0 Å². The molecule has 0 saturated heterocycles. The Bertz CT molecular complexity index is 3230. The molecule has 0 amide bonds. The molecular weight excluding hydrogens is 853 g/mol. The molecule has 6 nitrogen and oxygen atoms in total. The van der Waals surface area contributed by atoms with Crippen LogP contribution in [-0.2, 0) is 10.8 Å². The number of aromatic hydroxyl groups is 2. The van der Waals surface area contributed by atoms with E-state index in [1.807, 2.05) is 59.3 Å². The van der Waals surface area contributed by atoms with E-state index in [1.54, 1.807) is 22.7 Å². The normalized spacial score (nSPS) is 12.3. The quantitative estimate of drug-likeness (QED) is 0.127. The van der Waals surface area contributed by atoms with Crippen LogP contribution in [0.4, 0.5) is 0 Å². The maximum Gasteiger partial charge on any atom is 0.158 e. The smallest absolute Gasteiger partial charge is 0.158 e. The molecule has 0 atom stereocenters. The van der Waals surface area contributed by atoms with Gasteiger partial charge in [0, 0.05) is 54.6 Å². The number of hydrogen-bond donors (Lipinski definition) is 2. The molecule has 10 rings (SSSR count). The van der Waals surface area contributed by atoms with Gasteiger partial charge >= 0.3 is 0 Å². The van der Waals surface area contributed by atoms with Gasteiger partial charge in [-0.3, -0.25) is 9.13 Å². The summed E-state index contributed by atoms with van der Waals surface area (Å²) >= 11 is 3.08. The molecule has 0 unspecified atom stereocenters. The van der Waals surface area contributed by atoms with E-state index in [1.165, 1.54) is 43.8 Å². The Balaban J connectivity index is 0.844. The van der Waals surface area contributed by atoms with Crippen molar-refractivity contribution in [3.05, 3.63) is 154 Å². The van der Waals surface area contributed by atoms with Crippen LogP contribution in [0.25, 0.3) is 75.9 Å². The predicted octanol–water partition coefficient (Wildman–Crippen LogP) is 16.2. The fourth-order valence-electron chi connectivity index (χ4n) is 9.23. The van der Waals surface area contributed by atoms with Crippen LogP contribution in [0.3, 0.4) is 0 Å². The highest BCUT2D eigenvalue weighted by molar-refractivity contribution is 7.14. The first-order valence-corrected chi connectivity index (χ1v) is 24.6. The number of para-hydroxylation sites is 2. The highest BCUT2D eigenvalue weighted by Gasteiger charge is 2.25. The number of aromatic nitrogens is 2. The van der Waals surface area contributed by atoms with Gasteiger partial charge in [0.25, 0.3) is 0 Å². The fraction of sp³-hybridized carbons (Fsp3) is 0.241. The molecule has 0 radical (unpaired) electrons. The van der Waals surface area contributed by atoms with Gasteiger partial charge in [-0.1, -0.05) is 113 Å². The zero-order valence-corrected chi connectivity index (χ0v) is 40.6. The van der Waals surface area contributed by atoms with Gasteiger partial charge in [0.2, 0.25) is 0 Å². The van der Waals surface area contributed by atoms with Crippen molar-refractivity contribution in [3.8, 4) is 55.3 Å². The third-order valence-corrected chi connectivity index (χ3v) is 14.8. The largest absolute Gasteiger partial charge is 0.504 e. The van der Waals surface area contributed by atoms with Gasteiger partial charge in [0.15, 0.2) is 11.5 Å². The van der Waals surface area contributed by atoms with Crippen LogP contribution in [0.15, 0.2) is 132 Å². The van der Waals surface area contributed by atoms with Gasteiger partial charge in [-0.05, 0) is 109 Å². The molecule has 4 heterocycles.